The second-order valence-electron chi connectivity index (χ2n) is 6.84. The Morgan fingerprint density at radius 3 is 2.50 bits per heavy atom. The van der Waals surface area contributed by atoms with Crippen molar-refractivity contribution in [2.45, 2.75) is 38.2 Å². The van der Waals surface area contributed by atoms with Crippen molar-refractivity contribution in [2.24, 2.45) is 0 Å². The number of allylic oxidation sites excluding steroid dienone is 4. The molecule has 1 fully saturated rings. The number of rotatable bonds is 8. The summed E-state index contributed by atoms with van der Waals surface area (Å²) in [4.78, 5) is 0. The lowest BCUT2D eigenvalue weighted by atomic mass is 9.74. The lowest BCUT2D eigenvalue weighted by Crippen LogP contribution is -2.21. The Labute approximate surface area is 144 Å². The summed E-state index contributed by atoms with van der Waals surface area (Å²) in [6.45, 7) is 10.3. The van der Waals surface area contributed by atoms with Crippen LogP contribution >= 0.6 is 0 Å². The van der Waals surface area contributed by atoms with E-state index in [1.165, 1.54) is 11.1 Å². The highest BCUT2D eigenvalue weighted by Crippen LogP contribution is 2.37. The lowest BCUT2D eigenvalue weighted by Gasteiger charge is -2.31. The SMILES string of the molecule is C=CCOC1=CC=C(C(C)(C)c2ccc(OCC3CO3)cc2)CC1. The number of benzene rings is 1. The molecule has 0 N–H and O–H groups in total. The average Bonchev–Trinajstić information content (AvgIpc) is 3.43. The van der Waals surface area contributed by atoms with Crippen LogP contribution in [0.25, 0.3) is 0 Å². The molecule has 3 heteroatoms. The van der Waals surface area contributed by atoms with Crippen LogP contribution in [0.5, 0.6) is 5.75 Å². The zero-order valence-corrected chi connectivity index (χ0v) is 14.6. The van der Waals surface area contributed by atoms with Crippen molar-refractivity contribution in [1.82, 2.24) is 0 Å². The van der Waals surface area contributed by atoms with E-state index < -0.39 is 0 Å². The van der Waals surface area contributed by atoms with Gasteiger partial charge in [-0.05, 0) is 30.2 Å². The summed E-state index contributed by atoms with van der Waals surface area (Å²) < 4.78 is 16.5. The molecule has 1 atom stereocenters. The van der Waals surface area contributed by atoms with Gasteiger partial charge in [-0.2, -0.15) is 0 Å². The minimum atomic E-state index is -0.00139. The topological polar surface area (TPSA) is 31.0 Å². The molecule has 1 aliphatic heterocycles. The van der Waals surface area contributed by atoms with Gasteiger partial charge in [0.1, 0.15) is 25.1 Å². The van der Waals surface area contributed by atoms with Gasteiger partial charge in [-0.15, -0.1) is 0 Å². The second kappa shape index (κ2) is 7.27. The molecule has 0 radical (unpaired) electrons. The quantitative estimate of drug-likeness (QED) is 0.519. The van der Waals surface area contributed by atoms with Crippen molar-refractivity contribution in [3.63, 3.8) is 0 Å². The molecule has 24 heavy (non-hydrogen) atoms. The maximum absolute atomic E-state index is 5.72. The summed E-state index contributed by atoms with van der Waals surface area (Å²) in [5.74, 6) is 1.95. The van der Waals surface area contributed by atoms with Crippen molar-refractivity contribution in [1.29, 1.82) is 0 Å². The van der Waals surface area contributed by atoms with Crippen molar-refractivity contribution < 1.29 is 14.2 Å². The molecule has 1 heterocycles. The van der Waals surface area contributed by atoms with Gasteiger partial charge in [-0.1, -0.05) is 50.3 Å². The molecule has 1 aromatic carbocycles. The van der Waals surface area contributed by atoms with Gasteiger partial charge >= 0.3 is 0 Å². The van der Waals surface area contributed by atoms with Crippen molar-refractivity contribution in [2.75, 3.05) is 19.8 Å². The monoisotopic (exact) mass is 326 g/mol. The average molecular weight is 326 g/mol. The fourth-order valence-electron chi connectivity index (χ4n) is 2.93. The molecule has 1 aliphatic carbocycles. The van der Waals surface area contributed by atoms with Gasteiger partial charge in [0.15, 0.2) is 0 Å². The van der Waals surface area contributed by atoms with Gasteiger partial charge in [0.05, 0.1) is 12.4 Å². The molecule has 0 aromatic heterocycles. The summed E-state index contributed by atoms with van der Waals surface area (Å²) in [6.07, 6.45) is 8.34. The van der Waals surface area contributed by atoms with Gasteiger partial charge in [-0.3, -0.25) is 0 Å². The molecule has 3 nitrogen and oxygen atoms in total. The van der Waals surface area contributed by atoms with E-state index in [1.807, 2.05) is 0 Å². The van der Waals surface area contributed by atoms with E-state index in [2.05, 4.69) is 56.8 Å². The maximum Gasteiger partial charge on any atom is 0.119 e. The van der Waals surface area contributed by atoms with Crippen LogP contribution in [-0.4, -0.2) is 25.9 Å². The van der Waals surface area contributed by atoms with E-state index in [0.29, 0.717) is 13.2 Å². The summed E-state index contributed by atoms with van der Waals surface area (Å²) in [5, 5.41) is 0. The third-order valence-electron chi connectivity index (χ3n) is 4.71. The zero-order chi connectivity index (χ0) is 17.0. The fraction of sp³-hybridized carbons (Fsp3) is 0.429. The minimum Gasteiger partial charge on any atom is -0.494 e. The van der Waals surface area contributed by atoms with Crippen molar-refractivity contribution in [3.05, 3.63) is 66.0 Å². The maximum atomic E-state index is 5.72. The third kappa shape index (κ3) is 4.09. The second-order valence-corrected chi connectivity index (χ2v) is 6.84. The summed E-state index contributed by atoms with van der Waals surface area (Å²) in [7, 11) is 0. The fourth-order valence-corrected chi connectivity index (χ4v) is 2.93. The molecule has 3 rings (SSSR count). The Balaban J connectivity index is 1.66. The standard InChI is InChI=1S/C21H26O3/c1-4-13-22-18-9-5-16(6-10-18)21(2,3)17-7-11-19(12-8-17)23-14-20-15-24-20/h4-5,7-9,11-12,20H,1,6,10,13-15H2,2-3H3. The van der Waals surface area contributed by atoms with Gasteiger partial charge in [0.2, 0.25) is 0 Å². The highest BCUT2D eigenvalue weighted by molar-refractivity contribution is 5.40. The van der Waals surface area contributed by atoms with E-state index in [1.54, 1.807) is 6.08 Å². The predicted molar refractivity (Wildman–Crippen MR) is 96.3 cm³/mol. The smallest absolute Gasteiger partial charge is 0.119 e. The number of epoxide rings is 1. The van der Waals surface area contributed by atoms with Crippen molar-refractivity contribution in [3.8, 4) is 5.75 Å². The first-order chi connectivity index (χ1) is 11.6. The van der Waals surface area contributed by atoms with Crippen LogP contribution in [0.1, 0.15) is 32.3 Å². The van der Waals surface area contributed by atoms with Gasteiger partial charge in [0, 0.05) is 11.8 Å². The Morgan fingerprint density at radius 2 is 1.92 bits per heavy atom. The van der Waals surface area contributed by atoms with Crippen LogP contribution in [0.2, 0.25) is 0 Å². The molecular formula is C21H26O3. The van der Waals surface area contributed by atoms with Crippen LogP contribution in [0.4, 0.5) is 0 Å². The van der Waals surface area contributed by atoms with Gasteiger partial charge in [0.25, 0.3) is 0 Å². The first-order valence-corrected chi connectivity index (χ1v) is 8.58. The normalized spacial score (nSPS) is 20.0. The van der Waals surface area contributed by atoms with E-state index >= 15 is 0 Å². The predicted octanol–water partition coefficient (Wildman–Crippen LogP) is 4.55. The van der Waals surface area contributed by atoms with E-state index in [4.69, 9.17) is 14.2 Å². The Hall–Kier alpha value is -2.00. The summed E-state index contributed by atoms with van der Waals surface area (Å²) in [6, 6.07) is 8.43. The zero-order valence-electron chi connectivity index (χ0n) is 14.6. The number of hydrogen-bond acceptors (Lipinski definition) is 3. The van der Waals surface area contributed by atoms with Crippen LogP contribution in [0.3, 0.4) is 0 Å². The molecule has 1 aromatic rings. The van der Waals surface area contributed by atoms with Gasteiger partial charge in [-0.25, -0.2) is 0 Å². The first-order valence-electron chi connectivity index (χ1n) is 8.58. The van der Waals surface area contributed by atoms with Crippen molar-refractivity contribution >= 4 is 0 Å². The van der Waals surface area contributed by atoms with Crippen LogP contribution in [0.15, 0.2) is 60.4 Å². The van der Waals surface area contributed by atoms with E-state index in [-0.39, 0.29) is 11.5 Å². The highest BCUT2D eigenvalue weighted by Gasteiger charge is 2.27. The van der Waals surface area contributed by atoms with Gasteiger partial charge < -0.3 is 14.2 Å². The molecule has 0 amide bonds. The van der Waals surface area contributed by atoms with E-state index in [0.717, 1.165) is 31.0 Å². The van der Waals surface area contributed by atoms with Crippen LogP contribution < -0.4 is 4.74 Å². The molecule has 0 spiro atoms. The molecule has 1 unspecified atom stereocenters. The summed E-state index contributed by atoms with van der Waals surface area (Å²) in [5.41, 5.74) is 2.72. The highest BCUT2D eigenvalue weighted by atomic mass is 16.6. The molecule has 0 saturated carbocycles. The van der Waals surface area contributed by atoms with E-state index in [9.17, 15) is 0 Å². The lowest BCUT2D eigenvalue weighted by molar-refractivity contribution is 0.233. The molecule has 2 aliphatic rings. The molecule has 1 saturated heterocycles. The summed E-state index contributed by atoms with van der Waals surface area (Å²) >= 11 is 0. The van der Waals surface area contributed by atoms with Crippen LogP contribution in [0, 0.1) is 0 Å². The molecule has 128 valence electrons. The first kappa shape index (κ1) is 16.8. The molecule has 0 bridgehead atoms. The Bertz CT molecular complexity index is 634. The minimum absolute atomic E-state index is 0.00139. The third-order valence-corrected chi connectivity index (χ3v) is 4.71. The largest absolute Gasteiger partial charge is 0.494 e. The number of ether oxygens (including phenoxy) is 3. The Kier molecular flexibility index (Phi) is 5.10. The van der Waals surface area contributed by atoms with Crippen LogP contribution in [-0.2, 0) is 14.9 Å². The number of hydrogen-bond donors (Lipinski definition) is 0. The molecular weight excluding hydrogens is 300 g/mol. The Morgan fingerprint density at radius 1 is 1.17 bits per heavy atom.